The fourth-order valence-corrected chi connectivity index (χ4v) is 1.12. The van der Waals surface area contributed by atoms with Crippen molar-refractivity contribution in [3.8, 4) is 0 Å². The van der Waals surface area contributed by atoms with Crippen LogP contribution in [0.1, 0.15) is 19.4 Å². The second-order valence-electron chi connectivity index (χ2n) is 3.42. The van der Waals surface area contributed by atoms with E-state index in [9.17, 15) is 9.90 Å². The Morgan fingerprint density at radius 1 is 1.43 bits per heavy atom. The summed E-state index contributed by atoms with van der Waals surface area (Å²) < 4.78 is 4.77. The van der Waals surface area contributed by atoms with Gasteiger partial charge in [0.2, 0.25) is 0 Å². The molecule has 1 atom stereocenters. The quantitative estimate of drug-likeness (QED) is 0.741. The first kappa shape index (κ1) is 10.7. The molecule has 1 N–H and O–H groups in total. The van der Waals surface area contributed by atoms with Crippen LogP contribution in [-0.2, 0) is 15.1 Å². The number of aliphatic hydroxyl groups is 1. The third-order valence-corrected chi connectivity index (χ3v) is 1.95. The molecule has 1 aromatic rings. The van der Waals surface area contributed by atoms with E-state index in [-0.39, 0.29) is 12.6 Å². The van der Waals surface area contributed by atoms with Gasteiger partial charge in [-0.25, -0.2) is 0 Å². The molecule has 0 aliphatic carbocycles. The number of carbonyl (C=O) groups is 1. The van der Waals surface area contributed by atoms with Gasteiger partial charge in [-0.15, -0.1) is 0 Å². The molecular formula is C11H14O3. The number of benzene rings is 1. The standard InChI is InChI=1S/C11H14O3/c1-9(12)14-8-11(2,13)10-6-4-3-5-7-10/h3-7,13H,8H2,1-2H3/t11-/m1/s1. The summed E-state index contributed by atoms with van der Waals surface area (Å²) in [5, 5.41) is 9.96. The second kappa shape index (κ2) is 4.24. The van der Waals surface area contributed by atoms with Crippen LogP contribution in [0.3, 0.4) is 0 Å². The number of esters is 1. The number of hydrogen-bond acceptors (Lipinski definition) is 3. The van der Waals surface area contributed by atoms with Gasteiger partial charge in [0, 0.05) is 6.92 Å². The second-order valence-corrected chi connectivity index (χ2v) is 3.42. The molecule has 14 heavy (non-hydrogen) atoms. The van der Waals surface area contributed by atoms with Gasteiger partial charge in [-0.2, -0.15) is 0 Å². The summed E-state index contributed by atoms with van der Waals surface area (Å²) in [7, 11) is 0. The first-order chi connectivity index (χ1) is 6.52. The predicted octanol–water partition coefficient (Wildman–Crippen LogP) is 1.46. The van der Waals surface area contributed by atoms with Gasteiger partial charge in [0.15, 0.2) is 0 Å². The van der Waals surface area contributed by atoms with Crippen LogP contribution in [0.5, 0.6) is 0 Å². The SMILES string of the molecule is CC(=O)OC[C@@](C)(O)c1ccccc1. The highest BCUT2D eigenvalue weighted by molar-refractivity contribution is 5.66. The van der Waals surface area contributed by atoms with Crippen LogP contribution in [0.4, 0.5) is 0 Å². The predicted molar refractivity (Wildman–Crippen MR) is 52.6 cm³/mol. The Hall–Kier alpha value is -1.35. The summed E-state index contributed by atoms with van der Waals surface area (Å²) in [6, 6.07) is 9.12. The maximum absolute atomic E-state index is 10.6. The molecule has 0 aliphatic heterocycles. The Labute approximate surface area is 83.3 Å². The minimum Gasteiger partial charge on any atom is -0.462 e. The van der Waals surface area contributed by atoms with E-state index in [1.54, 1.807) is 19.1 Å². The van der Waals surface area contributed by atoms with Crippen molar-refractivity contribution in [1.29, 1.82) is 0 Å². The van der Waals surface area contributed by atoms with Crippen LogP contribution in [0.25, 0.3) is 0 Å². The van der Waals surface area contributed by atoms with Crippen molar-refractivity contribution in [2.45, 2.75) is 19.4 Å². The van der Waals surface area contributed by atoms with Crippen molar-refractivity contribution < 1.29 is 14.6 Å². The zero-order valence-electron chi connectivity index (χ0n) is 8.36. The highest BCUT2D eigenvalue weighted by Crippen LogP contribution is 2.20. The first-order valence-corrected chi connectivity index (χ1v) is 4.43. The van der Waals surface area contributed by atoms with E-state index in [2.05, 4.69) is 0 Å². The summed E-state index contributed by atoms with van der Waals surface area (Å²) in [5.41, 5.74) is -0.381. The van der Waals surface area contributed by atoms with Crippen LogP contribution in [0.2, 0.25) is 0 Å². The molecule has 3 nitrogen and oxygen atoms in total. The molecule has 0 unspecified atom stereocenters. The molecule has 0 aliphatic rings. The summed E-state index contributed by atoms with van der Waals surface area (Å²) in [5.74, 6) is -0.388. The lowest BCUT2D eigenvalue weighted by Gasteiger charge is -2.22. The normalized spacial score (nSPS) is 14.5. The van der Waals surface area contributed by atoms with Gasteiger partial charge < -0.3 is 9.84 Å². The van der Waals surface area contributed by atoms with E-state index in [1.807, 2.05) is 18.2 Å². The van der Waals surface area contributed by atoms with Gasteiger partial charge in [-0.3, -0.25) is 4.79 Å². The zero-order valence-corrected chi connectivity index (χ0v) is 8.36. The van der Waals surface area contributed by atoms with Gasteiger partial charge in [0.05, 0.1) is 0 Å². The summed E-state index contributed by atoms with van der Waals surface area (Å²) in [4.78, 5) is 10.6. The molecule has 3 heteroatoms. The van der Waals surface area contributed by atoms with E-state index < -0.39 is 5.60 Å². The first-order valence-electron chi connectivity index (χ1n) is 4.43. The lowest BCUT2D eigenvalue weighted by molar-refractivity contribution is -0.148. The third-order valence-electron chi connectivity index (χ3n) is 1.95. The summed E-state index contributed by atoms with van der Waals surface area (Å²) >= 11 is 0. The molecule has 1 aromatic carbocycles. The molecule has 0 aromatic heterocycles. The molecule has 0 bridgehead atoms. The minimum absolute atomic E-state index is 0.0215. The van der Waals surface area contributed by atoms with Crippen LogP contribution in [-0.4, -0.2) is 17.7 Å². The van der Waals surface area contributed by atoms with Gasteiger partial charge in [-0.05, 0) is 12.5 Å². The van der Waals surface area contributed by atoms with Crippen molar-refractivity contribution in [2.24, 2.45) is 0 Å². The fourth-order valence-electron chi connectivity index (χ4n) is 1.12. The Bertz CT molecular complexity index is 304. The topological polar surface area (TPSA) is 46.5 Å². The Morgan fingerprint density at radius 3 is 2.50 bits per heavy atom. The molecule has 0 amide bonds. The van der Waals surface area contributed by atoms with E-state index >= 15 is 0 Å². The summed E-state index contributed by atoms with van der Waals surface area (Å²) in [6.45, 7) is 2.92. The molecule has 0 heterocycles. The minimum atomic E-state index is -1.12. The van der Waals surface area contributed by atoms with Crippen molar-refractivity contribution in [2.75, 3.05) is 6.61 Å². The van der Waals surface area contributed by atoms with Gasteiger partial charge in [-0.1, -0.05) is 30.3 Å². The average molecular weight is 194 g/mol. The lowest BCUT2D eigenvalue weighted by Crippen LogP contribution is -2.28. The number of hydrogen-bond donors (Lipinski definition) is 1. The molecule has 1 rings (SSSR count). The van der Waals surface area contributed by atoms with Gasteiger partial charge in [0.1, 0.15) is 12.2 Å². The van der Waals surface area contributed by atoms with Gasteiger partial charge >= 0.3 is 5.97 Å². The summed E-state index contributed by atoms with van der Waals surface area (Å²) in [6.07, 6.45) is 0. The fraction of sp³-hybridized carbons (Fsp3) is 0.364. The highest BCUT2D eigenvalue weighted by atomic mass is 16.5. The average Bonchev–Trinajstić information content (AvgIpc) is 2.16. The molecule has 0 saturated carbocycles. The van der Waals surface area contributed by atoms with E-state index in [0.717, 1.165) is 5.56 Å². The zero-order chi connectivity index (χ0) is 10.6. The third kappa shape index (κ3) is 2.85. The monoisotopic (exact) mass is 194 g/mol. The Balaban J connectivity index is 2.70. The molecule has 0 fully saturated rings. The highest BCUT2D eigenvalue weighted by Gasteiger charge is 2.24. The molecule has 76 valence electrons. The largest absolute Gasteiger partial charge is 0.462 e. The number of rotatable bonds is 3. The maximum atomic E-state index is 10.6. The Kier molecular flexibility index (Phi) is 3.25. The molecule has 0 saturated heterocycles. The van der Waals surface area contributed by atoms with Crippen molar-refractivity contribution in [3.63, 3.8) is 0 Å². The number of ether oxygens (including phenoxy) is 1. The molecular weight excluding hydrogens is 180 g/mol. The van der Waals surface area contributed by atoms with Gasteiger partial charge in [0.25, 0.3) is 0 Å². The van der Waals surface area contributed by atoms with E-state index in [0.29, 0.717) is 0 Å². The van der Waals surface area contributed by atoms with Crippen LogP contribution in [0, 0.1) is 0 Å². The maximum Gasteiger partial charge on any atom is 0.302 e. The Morgan fingerprint density at radius 2 is 2.00 bits per heavy atom. The van der Waals surface area contributed by atoms with E-state index in [4.69, 9.17) is 4.74 Å². The lowest BCUT2D eigenvalue weighted by atomic mass is 9.97. The molecule has 0 spiro atoms. The van der Waals surface area contributed by atoms with Crippen LogP contribution in [0.15, 0.2) is 30.3 Å². The van der Waals surface area contributed by atoms with Crippen molar-refractivity contribution in [3.05, 3.63) is 35.9 Å². The smallest absolute Gasteiger partial charge is 0.302 e. The van der Waals surface area contributed by atoms with Crippen molar-refractivity contribution >= 4 is 5.97 Å². The molecule has 0 radical (unpaired) electrons. The van der Waals surface area contributed by atoms with Crippen LogP contribution < -0.4 is 0 Å². The van der Waals surface area contributed by atoms with E-state index in [1.165, 1.54) is 6.92 Å². The number of carbonyl (C=O) groups excluding carboxylic acids is 1. The van der Waals surface area contributed by atoms with Crippen molar-refractivity contribution in [1.82, 2.24) is 0 Å². The van der Waals surface area contributed by atoms with Crippen LogP contribution >= 0.6 is 0 Å².